The lowest BCUT2D eigenvalue weighted by Gasteiger charge is -2.19. The molecule has 0 aliphatic heterocycles. The van der Waals surface area contributed by atoms with E-state index in [2.05, 4.69) is 15.6 Å². The Morgan fingerprint density at radius 2 is 1.23 bits per heavy atom. The van der Waals surface area contributed by atoms with Gasteiger partial charge < -0.3 is 39.0 Å². The number of amides is 2. The third kappa shape index (κ3) is 9.75. The van der Waals surface area contributed by atoms with Gasteiger partial charge in [-0.3, -0.25) is 19.2 Å². The number of aromatic amines is 1. The molecule has 0 fully saturated rings. The molecule has 0 atom stereocenters. The van der Waals surface area contributed by atoms with Gasteiger partial charge in [-0.2, -0.15) is 0 Å². The molecule has 6 rings (SSSR count). The first-order chi connectivity index (χ1) is 27.2. The number of ether oxygens (including phenoxy) is 3. The number of H-pyrrole nitrogens is 1. The van der Waals surface area contributed by atoms with Gasteiger partial charge in [0.05, 0.1) is 18.5 Å². The number of fused-ring (bicyclic) bond motifs is 1. The van der Waals surface area contributed by atoms with Gasteiger partial charge in [0, 0.05) is 67.8 Å². The molecule has 0 radical (unpaired) electrons. The van der Waals surface area contributed by atoms with Crippen LogP contribution in [0.25, 0.3) is 10.9 Å². The maximum absolute atomic E-state index is 13.8. The molecule has 3 heterocycles. The van der Waals surface area contributed by atoms with E-state index < -0.39 is 17.7 Å². The van der Waals surface area contributed by atoms with Crippen molar-refractivity contribution in [3.63, 3.8) is 0 Å². The van der Waals surface area contributed by atoms with Crippen molar-refractivity contribution >= 4 is 22.7 Å². The zero-order valence-electron chi connectivity index (χ0n) is 31.9. The maximum atomic E-state index is 13.8. The minimum atomic E-state index is -0.995. The van der Waals surface area contributed by atoms with Crippen LogP contribution in [0.4, 0.5) is 0 Å². The first kappa shape index (κ1) is 39.1. The van der Waals surface area contributed by atoms with Gasteiger partial charge in [0.1, 0.15) is 24.9 Å². The fourth-order valence-corrected chi connectivity index (χ4v) is 6.62. The summed E-state index contributed by atoms with van der Waals surface area (Å²) in [6.07, 6.45) is 5.95. The van der Waals surface area contributed by atoms with Crippen LogP contribution in [0.15, 0.2) is 119 Å². The van der Waals surface area contributed by atoms with Gasteiger partial charge in [-0.05, 0) is 61.6 Å². The number of carbonyl (C=O) groups is 2. The molecule has 0 spiro atoms. The van der Waals surface area contributed by atoms with E-state index in [0.29, 0.717) is 36.6 Å². The molecule has 56 heavy (non-hydrogen) atoms. The van der Waals surface area contributed by atoms with Crippen molar-refractivity contribution in [2.45, 2.75) is 53.0 Å². The van der Waals surface area contributed by atoms with Crippen molar-refractivity contribution in [3.05, 3.63) is 158 Å². The van der Waals surface area contributed by atoms with Gasteiger partial charge in [0.15, 0.2) is 11.5 Å². The number of nitrogens with zero attached hydrogens (tertiary/aromatic N) is 2. The molecule has 0 bridgehead atoms. The van der Waals surface area contributed by atoms with Crippen LogP contribution in [0.2, 0.25) is 0 Å². The minimum Gasteiger partial charge on any atom is -0.497 e. The molecule has 12 nitrogen and oxygen atoms in total. The van der Waals surface area contributed by atoms with Crippen LogP contribution in [0, 0.1) is 19.8 Å². The quantitative estimate of drug-likeness (QED) is 0.0989. The molecule has 0 aliphatic carbocycles. The molecular formula is C44H47N5O7. The molecule has 6 aromatic rings. The van der Waals surface area contributed by atoms with E-state index in [4.69, 9.17) is 14.2 Å². The molecule has 290 valence electrons. The zero-order chi connectivity index (χ0) is 39.4. The summed E-state index contributed by atoms with van der Waals surface area (Å²) in [5.41, 5.74) is 4.60. The van der Waals surface area contributed by atoms with E-state index in [9.17, 15) is 19.2 Å². The van der Waals surface area contributed by atoms with Crippen LogP contribution in [0.3, 0.4) is 0 Å². The Balaban J connectivity index is 1.11. The highest BCUT2D eigenvalue weighted by Crippen LogP contribution is 2.26. The van der Waals surface area contributed by atoms with Crippen molar-refractivity contribution in [2.24, 2.45) is 5.92 Å². The second-order valence-corrected chi connectivity index (χ2v) is 13.5. The summed E-state index contributed by atoms with van der Waals surface area (Å²) < 4.78 is 21.0. The average molecular weight is 758 g/mol. The number of hydrogen-bond donors (Lipinski definition) is 3. The van der Waals surface area contributed by atoms with E-state index in [1.165, 1.54) is 12.1 Å². The largest absolute Gasteiger partial charge is 0.497 e. The molecule has 0 unspecified atom stereocenters. The summed E-state index contributed by atoms with van der Waals surface area (Å²) in [5, 5.41) is 6.86. The normalized spacial score (nSPS) is 11.1. The molecule has 0 aliphatic rings. The summed E-state index contributed by atoms with van der Waals surface area (Å²) in [6, 6.07) is 27.8. The van der Waals surface area contributed by atoms with Gasteiger partial charge in [-0.25, -0.2) is 0 Å². The summed E-state index contributed by atoms with van der Waals surface area (Å²) >= 11 is 0. The van der Waals surface area contributed by atoms with Gasteiger partial charge in [-0.1, -0.05) is 60.7 Å². The van der Waals surface area contributed by atoms with Gasteiger partial charge in [0.2, 0.25) is 22.7 Å². The van der Waals surface area contributed by atoms with E-state index in [0.717, 1.165) is 27.6 Å². The fourth-order valence-electron chi connectivity index (χ4n) is 6.62. The Labute approximate surface area is 325 Å². The predicted molar refractivity (Wildman–Crippen MR) is 215 cm³/mol. The van der Waals surface area contributed by atoms with E-state index >= 15 is 0 Å². The molecule has 3 N–H and O–H groups in total. The van der Waals surface area contributed by atoms with Crippen LogP contribution >= 0.6 is 0 Å². The lowest BCUT2D eigenvalue weighted by atomic mass is 9.97. The predicted octanol–water partition coefficient (Wildman–Crippen LogP) is 5.46. The Kier molecular flexibility index (Phi) is 13.0. The lowest BCUT2D eigenvalue weighted by Crippen LogP contribution is -2.43. The summed E-state index contributed by atoms with van der Waals surface area (Å²) in [7, 11) is 1.61. The monoisotopic (exact) mass is 757 g/mol. The fraction of sp³-hybridized carbons (Fsp3) is 0.273. The number of methoxy groups -OCH3 is 1. The Hall–Kier alpha value is -6.56. The standard InChI is InChI=1S/C44H47N5O7/c1-30-41(55-28-32-10-6-4-7-11-32)39(50)18-22-48(30)24-20-45-43(52)36(16-14-34-27-47-38-17-15-35(54-3)26-37(34)38)44(53)46-21-25-49-23-19-40(51)42(31(49)2)56-29-33-12-8-5-9-13-33/h4-13,15,17-19,22-23,26-27,36,47H,14,16,20-21,24-25,28-29H2,1-3H3,(H,45,52)(H,46,53). The number of benzene rings is 3. The van der Waals surface area contributed by atoms with Crippen molar-refractivity contribution in [1.29, 1.82) is 0 Å². The Morgan fingerprint density at radius 3 is 1.73 bits per heavy atom. The van der Waals surface area contributed by atoms with E-state index in [-0.39, 0.29) is 55.1 Å². The number of aromatic nitrogens is 3. The summed E-state index contributed by atoms with van der Waals surface area (Å²) in [4.78, 5) is 56.2. The smallest absolute Gasteiger partial charge is 0.232 e. The maximum Gasteiger partial charge on any atom is 0.232 e. The summed E-state index contributed by atoms with van der Waals surface area (Å²) in [6.45, 7) is 5.27. The topological polar surface area (TPSA) is 146 Å². The first-order valence-electron chi connectivity index (χ1n) is 18.6. The highest BCUT2D eigenvalue weighted by molar-refractivity contribution is 6.00. The first-order valence-corrected chi connectivity index (χ1v) is 18.6. The number of hydrogen-bond acceptors (Lipinski definition) is 7. The molecule has 2 amide bonds. The van der Waals surface area contributed by atoms with Crippen LogP contribution in [0.5, 0.6) is 17.2 Å². The zero-order valence-corrected chi connectivity index (χ0v) is 31.9. The number of pyridine rings is 2. The van der Waals surface area contributed by atoms with Crippen molar-refractivity contribution in [2.75, 3.05) is 20.2 Å². The van der Waals surface area contributed by atoms with Crippen molar-refractivity contribution in [1.82, 2.24) is 24.8 Å². The van der Waals surface area contributed by atoms with Gasteiger partial charge in [0.25, 0.3) is 0 Å². The second kappa shape index (κ2) is 18.7. The van der Waals surface area contributed by atoms with Crippen molar-refractivity contribution in [3.8, 4) is 17.2 Å². The van der Waals surface area contributed by atoms with E-state index in [1.807, 2.05) is 94.2 Å². The molecule has 0 saturated carbocycles. The molecule has 3 aromatic heterocycles. The third-order valence-corrected chi connectivity index (χ3v) is 9.84. The van der Waals surface area contributed by atoms with E-state index in [1.54, 1.807) is 33.4 Å². The molecular weight excluding hydrogens is 711 g/mol. The van der Waals surface area contributed by atoms with Crippen LogP contribution < -0.4 is 35.7 Å². The average Bonchev–Trinajstić information content (AvgIpc) is 3.62. The van der Waals surface area contributed by atoms with Gasteiger partial charge in [-0.15, -0.1) is 0 Å². The third-order valence-electron chi connectivity index (χ3n) is 9.84. The Bertz CT molecular complexity index is 2260. The number of nitrogens with one attached hydrogen (secondary N) is 3. The summed E-state index contributed by atoms with van der Waals surface area (Å²) in [5.74, 6) is -0.592. The SMILES string of the molecule is COc1ccc2[nH]cc(CCC(C(=O)NCCn3ccc(=O)c(OCc4ccccc4)c3C)C(=O)NCCn3ccc(=O)c(OCc4ccccc4)c3C)c2c1. The molecule has 3 aromatic carbocycles. The minimum absolute atomic E-state index is 0.219. The lowest BCUT2D eigenvalue weighted by molar-refractivity contribution is -0.135. The van der Waals surface area contributed by atoms with Crippen LogP contribution in [-0.4, -0.2) is 46.1 Å². The highest BCUT2D eigenvalue weighted by Gasteiger charge is 2.27. The van der Waals surface area contributed by atoms with Gasteiger partial charge >= 0.3 is 0 Å². The van der Waals surface area contributed by atoms with Crippen LogP contribution in [-0.2, 0) is 42.3 Å². The number of carbonyl (C=O) groups excluding carboxylic acids is 2. The molecule has 12 heteroatoms. The second-order valence-electron chi connectivity index (χ2n) is 13.5. The molecule has 0 saturated heterocycles. The van der Waals surface area contributed by atoms with Crippen molar-refractivity contribution < 1.29 is 23.8 Å². The highest BCUT2D eigenvalue weighted by atomic mass is 16.5. The Morgan fingerprint density at radius 1 is 0.714 bits per heavy atom. The number of aryl methyl sites for hydroxylation is 1. The number of rotatable bonds is 18. The van der Waals surface area contributed by atoms with Crippen LogP contribution in [0.1, 0.15) is 34.5 Å².